The van der Waals surface area contributed by atoms with Crippen molar-refractivity contribution in [3.05, 3.63) is 29.8 Å². The maximum atomic E-state index is 5.90. The van der Waals surface area contributed by atoms with E-state index in [1.54, 1.807) is 0 Å². The fourth-order valence-electron chi connectivity index (χ4n) is 2.48. The lowest BCUT2D eigenvalue weighted by Crippen LogP contribution is -2.27. The minimum atomic E-state index is 0.785. The van der Waals surface area contributed by atoms with Crippen molar-refractivity contribution in [1.29, 1.82) is 0 Å². The molecule has 0 bridgehead atoms. The highest BCUT2D eigenvalue weighted by Crippen LogP contribution is 2.17. The van der Waals surface area contributed by atoms with Crippen molar-refractivity contribution in [2.75, 3.05) is 12.3 Å². The van der Waals surface area contributed by atoms with Crippen LogP contribution >= 0.6 is 0 Å². The van der Waals surface area contributed by atoms with E-state index in [0.717, 1.165) is 24.7 Å². The average Bonchev–Trinajstić information content (AvgIpc) is 2.79. The third-order valence-electron chi connectivity index (χ3n) is 3.47. The Morgan fingerprint density at radius 2 is 1.94 bits per heavy atom. The topological polar surface area (TPSA) is 38.0 Å². The summed E-state index contributed by atoms with van der Waals surface area (Å²) in [6.07, 6.45) is 7.82. The zero-order valence-corrected chi connectivity index (χ0v) is 9.91. The van der Waals surface area contributed by atoms with Gasteiger partial charge in [0.25, 0.3) is 0 Å². The second-order valence-electron chi connectivity index (χ2n) is 4.74. The van der Waals surface area contributed by atoms with Crippen LogP contribution in [0, 0.1) is 0 Å². The molecule has 0 atom stereocenters. The van der Waals surface area contributed by atoms with Crippen LogP contribution in [0.25, 0.3) is 0 Å². The predicted molar refractivity (Wildman–Crippen MR) is 69.4 cm³/mol. The highest BCUT2D eigenvalue weighted by atomic mass is 14.9. The van der Waals surface area contributed by atoms with E-state index in [4.69, 9.17) is 5.73 Å². The lowest BCUT2D eigenvalue weighted by molar-refractivity contribution is 0.515. The van der Waals surface area contributed by atoms with Gasteiger partial charge in [-0.15, -0.1) is 0 Å². The molecule has 1 fully saturated rings. The van der Waals surface area contributed by atoms with Gasteiger partial charge in [0, 0.05) is 11.7 Å². The third kappa shape index (κ3) is 3.24. The molecule has 1 aromatic carbocycles. The molecule has 1 saturated carbocycles. The maximum absolute atomic E-state index is 5.90. The lowest BCUT2D eigenvalue weighted by Gasteiger charge is -2.11. The molecule has 2 heteroatoms. The van der Waals surface area contributed by atoms with Crippen LogP contribution in [-0.2, 0) is 6.42 Å². The van der Waals surface area contributed by atoms with Crippen LogP contribution < -0.4 is 11.1 Å². The van der Waals surface area contributed by atoms with E-state index in [-0.39, 0.29) is 0 Å². The number of nitrogens with one attached hydrogen (secondary N) is 1. The Balaban J connectivity index is 1.66. The van der Waals surface area contributed by atoms with Gasteiger partial charge in [-0.1, -0.05) is 31.0 Å². The minimum Gasteiger partial charge on any atom is -0.399 e. The quantitative estimate of drug-likeness (QED) is 0.589. The molecule has 1 aromatic rings. The van der Waals surface area contributed by atoms with Crippen molar-refractivity contribution >= 4 is 5.69 Å². The number of hydrogen-bond acceptors (Lipinski definition) is 2. The molecular formula is C14H22N2. The van der Waals surface area contributed by atoms with Crippen LogP contribution in [0.15, 0.2) is 24.3 Å². The third-order valence-corrected chi connectivity index (χ3v) is 3.47. The summed E-state index contributed by atoms with van der Waals surface area (Å²) in [6, 6.07) is 8.96. The summed E-state index contributed by atoms with van der Waals surface area (Å²) in [5.74, 6) is 0. The molecule has 0 spiro atoms. The molecule has 0 saturated heterocycles. The van der Waals surface area contributed by atoms with Gasteiger partial charge in [-0.25, -0.2) is 0 Å². The Morgan fingerprint density at radius 1 is 1.19 bits per heavy atom. The Morgan fingerprint density at radius 3 is 2.69 bits per heavy atom. The van der Waals surface area contributed by atoms with E-state index in [9.17, 15) is 0 Å². The second-order valence-corrected chi connectivity index (χ2v) is 4.74. The van der Waals surface area contributed by atoms with Crippen LogP contribution in [0.4, 0.5) is 5.69 Å². The highest BCUT2D eigenvalue weighted by molar-refractivity contribution is 5.46. The first-order valence-corrected chi connectivity index (χ1v) is 6.43. The zero-order valence-electron chi connectivity index (χ0n) is 9.91. The summed E-state index contributed by atoms with van der Waals surface area (Å²) in [4.78, 5) is 0. The van der Waals surface area contributed by atoms with E-state index in [1.165, 1.54) is 37.7 Å². The number of para-hydroxylation sites is 1. The number of hydrogen-bond donors (Lipinski definition) is 2. The van der Waals surface area contributed by atoms with Gasteiger partial charge < -0.3 is 11.1 Å². The molecule has 1 aliphatic carbocycles. The van der Waals surface area contributed by atoms with Crippen LogP contribution in [-0.4, -0.2) is 12.6 Å². The van der Waals surface area contributed by atoms with Gasteiger partial charge in [-0.3, -0.25) is 0 Å². The molecule has 2 nitrogen and oxygen atoms in total. The molecule has 3 N–H and O–H groups in total. The monoisotopic (exact) mass is 218 g/mol. The Labute approximate surface area is 98.2 Å². The van der Waals surface area contributed by atoms with Gasteiger partial charge in [0.1, 0.15) is 0 Å². The molecule has 0 aliphatic heterocycles. The summed E-state index contributed by atoms with van der Waals surface area (Å²) in [7, 11) is 0. The molecule has 1 aliphatic rings. The number of aryl methyl sites for hydroxylation is 1. The number of nitrogen functional groups attached to an aromatic ring is 1. The summed E-state index contributed by atoms with van der Waals surface area (Å²) >= 11 is 0. The first-order chi connectivity index (χ1) is 7.86. The number of nitrogens with two attached hydrogens (primary N) is 1. The van der Waals surface area contributed by atoms with Crippen molar-refractivity contribution < 1.29 is 0 Å². The SMILES string of the molecule is Nc1ccccc1CCCNC1CCCC1. The van der Waals surface area contributed by atoms with Gasteiger partial charge in [0.15, 0.2) is 0 Å². The van der Waals surface area contributed by atoms with Crippen molar-refractivity contribution in [2.24, 2.45) is 0 Å². The van der Waals surface area contributed by atoms with Crippen molar-refractivity contribution in [1.82, 2.24) is 5.32 Å². The standard InChI is InChI=1S/C14H22N2/c15-14-10-4-1-6-12(14)7-5-11-16-13-8-2-3-9-13/h1,4,6,10,13,16H,2-3,5,7-9,11,15H2. The summed E-state index contributed by atoms with van der Waals surface area (Å²) < 4.78 is 0. The zero-order chi connectivity index (χ0) is 11.2. The first-order valence-electron chi connectivity index (χ1n) is 6.43. The Bertz CT molecular complexity index is 316. The summed E-state index contributed by atoms with van der Waals surface area (Å²) in [6.45, 7) is 1.12. The van der Waals surface area contributed by atoms with Crippen molar-refractivity contribution in [2.45, 2.75) is 44.6 Å². The van der Waals surface area contributed by atoms with Gasteiger partial charge in [-0.05, 0) is 43.9 Å². The number of rotatable bonds is 5. The predicted octanol–water partition coefficient (Wildman–Crippen LogP) is 2.73. The molecular weight excluding hydrogens is 196 g/mol. The molecule has 0 amide bonds. The van der Waals surface area contributed by atoms with E-state index < -0.39 is 0 Å². The average molecular weight is 218 g/mol. The van der Waals surface area contributed by atoms with Gasteiger partial charge in [0.05, 0.1) is 0 Å². The molecule has 2 rings (SSSR count). The van der Waals surface area contributed by atoms with E-state index in [0.29, 0.717) is 0 Å². The second kappa shape index (κ2) is 5.90. The van der Waals surface area contributed by atoms with Crippen molar-refractivity contribution in [3.8, 4) is 0 Å². The van der Waals surface area contributed by atoms with Gasteiger partial charge >= 0.3 is 0 Å². The smallest absolute Gasteiger partial charge is 0.0346 e. The fraction of sp³-hybridized carbons (Fsp3) is 0.571. The summed E-state index contributed by atoms with van der Waals surface area (Å²) in [5, 5.41) is 3.63. The summed E-state index contributed by atoms with van der Waals surface area (Å²) in [5.41, 5.74) is 8.13. The van der Waals surface area contributed by atoms with Crippen LogP contribution in [0.3, 0.4) is 0 Å². The highest BCUT2D eigenvalue weighted by Gasteiger charge is 2.13. The first kappa shape index (κ1) is 11.5. The molecule has 0 heterocycles. The Kier molecular flexibility index (Phi) is 4.23. The molecule has 0 radical (unpaired) electrons. The number of benzene rings is 1. The van der Waals surface area contributed by atoms with Gasteiger partial charge in [-0.2, -0.15) is 0 Å². The van der Waals surface area contributed by atoms with Crippen LogP contribution in [0.2, 0.25) is 0 Å². The van der Waals surface area contributed by atoms with E-state index >= 15 is 0 Å². The van der Waals surface area contributed by atoms with Crippen molar-refractivity contribution in [3.63, 3.8) is 0 Å². The van der Waals surface area contributed by atoms with Gasteiger partial charge in [0.2, 0.25) is 0 Å². The molecule has 0 aromatic heterocycles. The van der Waals surface area contributed by atoms with E-state index in [2.05, 4.69) is 17.4 Å². The lowest BCUT2D eigenvalue weighted by atomic mass is 10.1. The van der Waals surface area contributed by atoms with Crippen LogP contribution in [0.1, 0.15) is 37.7 Å². The molecule has 88 valence electrons. The van der Waals surface area contributed by atoms with E-state index in [1.807, 2.05) is 12.1 Å². The maximum Gasteiger partial charge on any atom is 0.0346 e. The van der Waals surface area contributed by atoms with Crippen LogP contribution in [0.5, 0.6) is 0 Å². The number of anilines is 1. The molecule has 16 heavy (non-hydrogen) atoms. The normalized spacial score (nSPS) is 16.8. The minimum absolute atomic E-state index is 0.785. The largest absolute Gasteiger partial charge is 0.399 e. The Hall–Kier alpha value is -1.02. The molecule has 0 unspecified atom stereocenters. The fourth-order valence-corrected chi connectivity index (χ4v) is 2.48.